The van der Waals surface area contributed by atoms with E-state index in [4.69, 9.17) is 4.98 Å². The summed E-state index contributed by atoms with van der Waals surface area (Å²) >= 11 is 1.79. The highest BCUT2D eigenvalue weighted by Gasteiger charge is 2.22. The summed E-state index contributed by atoms with van der Waals surface area (Å²) in [7, 11) is 0. The third-order valence-corrected chi connectivity index (χ3v) is 5.99. The second-order valence-electron chi connectivity index (χ2n) is 6.66. The van der Waals surface area contributed by atoms with Crippen molar-refractivity contribution >= 4 is 11.3 Å². The molecular formula is C20H27NS. The minimum absolute atomic E-state index is 0.694. The Morgan fingerprint density at radius 3 is 2.59 bits per heavy atom. The van der Waals surface area contributed by atoms with Gasteiger partial charge in [0, 0.05) is 28.2 Å². The number of hydrogen-bond acceptors (Lipinski definition) is 2. The van der Waals surface area contributed by atoms with Crippen LogP contribution in [0.5, 0.6) is 0 Å². The summed E-state index contributed by atoms with van der Waals surface area (Å²) in [6.45, 7) is 2.29. The molecule has 0 radical (unpaired) electrons. The minimum atomic E-state index is 0.694. The quantitative estimate of drug-likeness (QED) is 0.543. The van der Waals surface area contributed by atoms with E-state index in [1.165, 1.54) is 67.5 Å². The van der Waals surface area contributed by atoms with E-state index in [0.717, 1.165) is 5.92 Å². The summed E-state index contributed by atoms with van der Waals surface area (Å²) in [5.74, 6) is 1.67. The lowest BCUT2D eigenvalue weighted by Gasteiger charge is -2.28. The van der Waals surface area contributed by atoms with Gasteiger partial charge in [0.25, 0.3) is 0 Å². The third kappa shape index (κ3) is 3.98. The normalized spacial score (nSPS) is 21.9. The molecule has 2 aromatic rings. The molecule has 0 unspecified atom stereocenters. The molecule has 2 heteroatoms. The van der Waals surface area contributed by atoms with Crippen molar-refractivity contribution in [3.63, 3.8) is 0 Å². The zero-order valence-corrected chi connectivity index (χ0v) is 14.4. The second kappa shape index (κ2) is 7.92. The fraction of sp³-hybridized carbons (Fsp3) is 0.550. The van der Waals surface area contributed by atoms with Crippen LogP contribution in [0.3, 0.4) is 0 Å². The lowest BCUT2D eigenvalue weighted by atomic mass is 9.78. The summed E-state index contributed by atoms with van der Waals surface area (Å²) < 4.78 is 0. The Morgan fingerprint density at radius 1 is 1.09 bits per heavy atom. The molecule has 2 heterocycles. The molecule has 0 amide bonds. The van der Waals surface area contributed by atoms with Gasteiger partial charge < -0.3 is 0 Å². The number of pyridine rings is 1. The topological polar surface area (TPSA) is 12.9 Å². The van der Waals surface area contributed by atoms with Gasteiger partial charge in [-0.3, -0.25) is 4.98 Å². The van der Waals surface area contributed by atoms with Crippen LogP contribution < -0.4 is 0 Å². The molecule has 1 nitrogen and oxygen atoms in total. The maximum Gasteiger partial charge on any atom is 0.0434 e. The second-order valence-corrected chi connectivity index (χ2v) is 7.61. The van der Waals surface area contributed by atoms with Crippen LogP contribution in [0.25, 0.3) is 10.4 Å². The molecular weight excluding hydrogens is 286 g/mol. The summed E-state index contributed by atoms with van der Waals surface area (Å²) in [5.41, 5.74) is 2.57. The summed E-state index contributed by atoms with van der Waals surface area (Å²) in [6, 6.07) is 8.79. The van der Waals surface area contributed by atoms with Gasteiger partial charge in [-0.2, -0.15) is 0 Å². The summed E-state index contributed by atoms with van der Waals surface area (Å²) in [5, 5.41) is 2.13. The molecule has 0 bridgehead atoms. The molecule has 22 heavy (non-hydrogen) atoms. The van der Waals surface area contributed by atoms with E-state index in [0.29, 0.717) is 5.92 Å². The molecule has 0 spiro atoms. The van der Waals surface area contributed by atoms with Crippen LogP contribution in [0.2, 0.25) is 0 Å². The SMILES string of the molecule is CCCCCC1CCC(c2ccc(-c3cccs3)cn2)CC1. The van der Waals surface area contributed by atoms with Crippen molar-refractivity contribution in [2.75, 3.05) is 0 Å². The van der Waals surface area contributed by atoms with Crippen molar-refractivity contribution in [1.29, 1.82) is 0 Å². The summed E-state index contributed by atoms with van der Waals surface area (Å²) in [4.78, 5) is 6.08. The first-order chi connectivity index (χ1) is 10.9. The van der Waals surface area contributed by atoms with Gasteiger partial charge in [-0.1, -0.05) is 44.7 Å². The zero-order chi connectivity index (χ0) is 15.2. The Hall–Kier alpha value is -1.15. The van der Waals surface area contributed by atoms with Gasteiger partial charge >= 0.3 is 0 Å². The number of hydrogen-bond donors (Lipinski definition) is 0. The van der Waals surface area contributed by atoms with Crippen molar-refractivity contribution in [2.24, 2.45) is 5.92 Å². The molecule has 0 atom stereocenters. The van der Waals surface area contributed by atoms with Crippen LogP contribution in [0.4, 0.5) is 0 Å². The first kappa shape index (κ1) is 15.7. The average Bonchev–Trinajstić information content (AvgIpc) is 3.11. The molecule has 0 aliphatic heterocycles. The summed E-state index contributed by atoms with van der Waals surface area (Å²) in [6.07, 6.45) is 13.2. The molecule has 1 aliphatic carbocycles. The molecule has 0 N–H and O–H groups in total. The van der Waals surface area contributed by atoms with Crippen LogP contribution in [0, 0.1) is 5.92 Å². The zero-order valence-electron chi connectivity index (χ0n) is 13.6. The molecule has 1 saturated carbocycles. The average molecular weight is 314 g/mol. The smallest absolute Gasteiger partial charge is 0.0434 e. The Balaban J connectivity index is 1.53. The Labute approximate surface area is 138 Å². The highest BCUT2D eigenvalue weighted by molar-refractivity contribution is 7.13. The van der Waals surface area contributed by atoms with Gasteiger partial charge in [-0.05, 0) is 49.1 Å². The van der Waals surface area contributed by atoms with E-state index >= 15 is 0 Å². The number of thiophene rings is 1. The van der Waals surface area contributed by atoms with E-state index in [2.05, 4.69) is 42.8 Å². The van der Waals surface area contributed by atoms with Gasteiger partial charge in [-0.25, -0.2) is 0 Å². The van der Waals surface area contributed by atoms with E-state index in [9.17, 15) is 0 Å². The van der Waals surface area contributed by atoms with Gasteiger partial charge in [-0.15, -0.1) is 11.3 Å². The standard InChI is InChI=1S/C20H27NS/c1-2-3-4-6-16-8-10-17(11-9-16)19-13-12-18(15-21-19)20-7-5-14-22-20/h5,7,12-17H,2-4,6,8-11H2,1H3. The largest absolute Gasteiger partial charge is 0.260 e. The van der Waals surface area contributed by atoms with Gasteiger partial charge in [0.05, 0.1) is 0 Å². The Kier molecular flexibility index (Phi) is 5.66. The first-order valence-corrected chi connectivity index (χ1v) is 9.74. The van der Waals surface area contributed by atoms with Crippen LogP contribution in [-0.2, 0) is 0 Å². The molecule has 1 fully saturated rings. The fourth-order valence-electron chi connectivity index (χ4n) is 3.67. The highest BCUT2D eigenvalue weighted by atomic mass is 32.1. The van der Waals surface area contributed by atoms with Crippen molar-refractivity contribution in [3.05, 3.63) is 41.5 Å². The lowest BCUT2D eigenvalue weighted by molar-refractivity contribution is 0.300. The molecule has 0 saturated heterocycles. The van der Waals surface area contributed by atoms with Crippen LogP contribution in [0.15, 0.2) is 35.8 Å². The third-order valence-electron chi connectivity index (χ3n) is 5.07. The molecule has 2 aromatic heterocycles. The van der Waals surface area contributed by atoms with Crippen molar-refractivity contribution in [3.8, 4) is 10.4 Å². The van der Waals surface area contributed by atoms with E-state index in [1.807, 2.05) is 0 Å². The predicted molar refractivity (Wildman–Crippen MR) is 96.4 cm³/mol. The van der Waals surface area contributed by atoms with Crippen LogP contribution in [0.1, 0.15) is 69.9 Å². The monoisotopic (exact) mass is 313 g/mol. The number of rotatable bonds is 6. The molecule has 118 valence electrons. The van der Waals surface area contributed by atoms with Crippen molar-refractivity contribution < 1.29 is 0 Å². The highest BCUT2D eigenvalue weighted by Crippen LogP contribution is 2.37. The molecule has 1 aliphatic rings. The van der Waals surface area contributed by atoms with Crippen molar-refractivity contribution in [1.82, 2.24) is 4.98 Å². The Bertz CT molecular complexity index is 536. The number of aromatic nitrogens is 1. The van der Waals surface area contributed by atoms with Gasteiger partial charge in [0.2, 0.25) is 0 Å². The maximum atomic E-state index is 4.77. The number of nitrogens with zero attached hydrogens (tertiary/aromatic N) is 1. The predicted octanol–water partition coefficient (Wildman–Crippen LogP) is 6.66. The van der Waals surface area contributed by atoms with Gasteiger partial charge in [0.1, 0.15) is 0 Å². The first-order valence-electron chi connectivity index (χ1n) is 8.86. The fourth-order valence-corrected chi connectivity index (χ4v) is 4.38. The number of unbranched alkanes of at least 4 members (excludes halogenated alkanes) is 2. The van der Waals surface area contributed by atoms with Gasteiger partial charge in [0.15, 0.2) is 0 Å². The maximum absolute atomic E-state index is 4.77. The van der Waals surface area contributed by atoms with E-state index in [-0.39, 0.29) is 0 Å². The lowest BCUT2D eigenvalue weighted by Crippen LogP contribution is -2.14. The molecule has 3 rings (SSSR count). The van der Waals surface area contributed by atoms with Crippen LogP contribution in [-0.4, -0.2) is 4.98 Å². The minimum Gasteiger partial charge on any atom is -0.260 e. The Morgan fingerprint density at radius 2 is 1.95 bits per heavy atom. The van der Waals surface area contributed by atoms with Crippen molar-refractivity contribution in [2.45, 2.75) is 64.2 Å². The van der Waals surface area contributed by atoms with E-state index < -0.39 is 0 Å². The molecule has 0 aromatic carbocycles. The van der Waals surface area contributed by atoms with Crippen LogP contribution >= 0.6 is 11.3 Å². The van der Waals surface area contributed by atoms with E-state index in [1.54, 1.807) is 11.3 Å².